The second-order valence-electron chi connectivity index (χ2n) is 8.35. The van der Waals surface area contributed by atoms with Crippen LogP contribution < -0.4 is 20.1 Å². The molecule has 4 aromatic rings. The zero-order valence-electron chi connectivity index (χ0n) is 20.8. The number of fused-ring (bicyclic) bond motifs is 1. The molecule has 0 radical (unpaired) electrons. The van der Waals surface area contributed by atoms with E-state index in [0.29, 0.717) is 52.7 Å². The molecule has 0 fully saturated rings. The fourth-order valence-corrected chi connectivity index (χ4v) is 3.60. The van der Waals surface area contributed by atoms with Gasteiger partial charge in [0.05, 0.1) is 30.2 Å². The number of hydrogen-bond donors (Lipinski definition) is 2. The number of anilines is 3. The zero-order chi connectivity index (χ0) is 26.4. The Hall–Kier alpha value is -4.57. The highest BCUT2D eigenvalue weighted by Crippen LogP contribution is 2.38. The van der Waals surface area contributed by atoms with Crippen LogP contribution in [-0.4, -0.2) is 60.1 Å². The summed E-state index contributed by atoms with van der Waals surface area (Å²) in [6, 6.07) is 10.3. The lowest BCUT2D eigenvalue weighted by atomic mass is 10.0. The normalized spacial score (nSPS) is 10.8. The van der Waals surface area contributed by atoms with Crippen molar-refractivity contribution in [2.24, 2.45) is 0 Å². The first kappa shape index (κ1) is 25.5. The molecule has 2 aromatic carbocycles. The van der Waals surface area contributed by atoms with Crippen molar-refractivity contribution in [3.05, 3.63) is 73.5 Å². The lowest BCUT2D eigenvalue weighted by molar-refractivity contribution is -0.111. The number of para-hydroxylation sites is 1. The van der Waals surface area contributed by atoms with E-state index in [9.17, 15) is 9.18 Å². The highest BCUT2D eigenvalue weighted by atomic mass is 19.1. The summed E-state index contributed by atoms with van der Waals surface area (Å²) in [4.78, 5) is 27.1. The van der Waals surface area contributed by atoms with Gasteiger partial charge in [0.25, 0.3) is 0 Å². The molecule has 0 atom stereocenters. The van der Waals surface area contributed by atoms with Crippen molar-refractivity contribution >= 4 is 34.1 Å². The number of aromatic nitrogens is 3. The van der Waals surface area contributed by atoms with Crippen molar-refractivity contribution in [1.29, 1.82) is 0 Å². The number of carbonyl (C=O) groups is 1. The highest BCUT2D eigenvalue weighted by Gasteiger charge is 2.16. The molecule has 4 rings (SSSR count). The molecule has 10 heteroatoms. The Labute approximate surface area is 214 Å². The van der Waals surface area contributed by atoms with E-state index in [1.165, 1.54) is 19.3 Å². The van der Waals surface area contributed by atoms with Gasteiger partial charge in [-0.25, -0.2) is 14.4 Å². The van der Waals surface area contributed by atoms with Gasteiger partial charge in [-0.2, -0.15) is 0 Å². The van der Waals surface area contributed by atoms with E-state index in [2.05, 4.69) is 32.2 Å². The molecule has 9 nitrogen and oxygen atoms in total. The molecule has 0 aliphatic heterocycles. The summed E-state index contributed by atoms with van der Waals surface area (Å²) in [6.45, 7) is 4.61. The number of hydrogen-bond acceptors (Lipinski definition) is 8. The summed E-state index contributed by atoms with van der Waals surface area (Å²) in [5.74, 6) is 0.366. The Balaban J connectivity index is 1.72. The number of rotatable bonds is 10. The van der Waals surface area contributed by atoms with E-state index in [1.807, 2.05) is 37.2 Å². The first-order chi connectivity index (χ1) is 17.9. The van der Waals surface area contributed by atoms with Crippen molar-refractivity contribution < 1.29 is 18.7 Å². The zero-order valence-corrected chi connectivity index (χ0v) is 20.8. The number of amides is 1. The largest absolute Gasteiger partial charge is 0.494 e. The third-order valence-corrected chi connectivity index (χ3v) is 5.41. The standard InChI is InChI=1S/C27H27FN6O3/c1-5-25(35)31-22-12-21(23(36-4)13-24(22)37-10-9-34(2)3)32-27-30-15-17-7-6-8-20(26(17)33-27)18-11-19(28)16-29-14-18/h5-8,11-16H,1,9-10H2,2-4H3,(H,31,35)(H,30,32,33). The monoisotopic (exact) mass is 502 g/mol. The molecule has 2 heterocycles. The summed E-state index contributed by atoms with van der Waals surface area (Å²) in [5.41, 5.74) is 2.87. The summed E-state index contributed by atoms with van der Waals surface area (Å²) in [5, 5.41) is 6.71. The number of benzene rings is 2. The third kappa shape index (κ3) is 6.17. The van der Waals surface area contributed by atoms with Crippen LogP contribution in [0.5, 0.6) is 11.5 Å². The van der Waals surface area contributed by atoms with Crippen molar-refractivity contribution in [3.63, 3.8) is 0 Å². The highest BCUT2D eigenvalue weighted by molar-refractivity contribution is 6.00. The van der Waals surface area contributed by atoms with Gasteiger partial charge in [-0.3, -0.25) is 9.78 Å². The molecule has 0 aliphatic carbocycles. The van der Waals surface area contributed by atoms with Crippen LogP contribution in [0.25, 0.3) is 22.0 Å². The molecule has 0 spiro atoms. The SMILES string of the molecule is C=CC(=O)Nc1cc(Nc2ncc3cccc(-c4cncc(F)c4)c3n2)c(OC)cc1OCCN(C)C. The maximum atomic E-state index is 13.8. The summed E-state index contributed by atoms with van der Waals surface area (Å²) >= 11 is 0. The van der Waals surface area contributed by atoms with Crippen LogP contribution in [0, 0.1) is 5.82 Å². The fraction of sp³-hybridized carbons (Fsp3) is 0.185. The maximum absolute atomic E-state index is 13.8. The average Bonchev–Trinajstić information content (AvgIpc) is 2.89. The quantitative estimate of drug-likeness (QED) is 0.302. The van der Waals surface area contributed by atoms with E-state index >= 15 is 0 Å². The molecule has 0 saturated carbocycles. The van der Waals surface area contributed by atoms with E-state index in [-0.39, 0.29) is 11.9 Å². The summed E-state index contributed by atoms with van der Waals surface area (Å²) < 4.78 is 25.3. The Morgan fingerprint density at radius 2 is 1.97 bits per heavy atom. The number of methoxy groups -OCH3 is 1. The number of nitrogens with zero attached hydrogens (tertiary/aromatic N) is 4. The minimum Gasteiger partial charge on any atom is -0.494 e. The third-order valence-electron chi connectivity index (χ3n) is 5.41. The lowest BCUT2D eigenvalue weighted by Gasteiger charge is -2.18. The molecular formula is C27H27FN6O3. The van der Waals surface area contributed by atoms with Crippen LogP contribution in [0.1, 0.15) is 0 Å². The molecule has 0 saturated heterocycles. The number of pyridine rings is 1. The number of nitrogens with one attached hydrogen (secondary N) is 2. The minimum absolute atomic E-state index is 0.282. The van der Waals surface area contributed by atoms with Crippen LogP contribution in [-0.2, 0) is 4.79 Å². The summed E-state index contributed by atoms with van der Waals surface area (Å²) in [7, 11) is 5.41. The van der Waals surface area contributed by atoms with Gasteiger partial charge >= 0.3 is 0 Å². The van der Waals surface area contributed by atoms with Crippen molar-refractivity contribution in [2.75, 3.05) is 45.0 Å². The van der Waals surface area contributed by atoms with E-state index in [1.54, 1.807) is 24.5 Å². The molecular weight excluding hydrogens is 475 g/mol. The van der Waals surface area contributed by atoms with Crippen molar-refractivity contribution in [1.82, 2.24) is 19.9 Å². The molecule has 2 aromatic heterocycles. The number of ether oxygens (including phenoxy) is 2. The van der Waals surface area contributed by atoms with Crippen LogP contribution >= 0.6 is 0 Å². The second kappa shape index (κ2) is 11.4. The molecule has 1 amide bonds. The molecule has 190 valence electrons. The number of carbonyl (C=O) groups excluding carboxylic acids is 1. The van der Waals surface area contributed by atoms with Crippen LogP contribution in [0.2, 0.25) is 0 Å². The van der Waals surface area contributed by atoms with Gasteiger partial charge in [-0.05, 0) is 32.3 Å². The first-order valence-corrected chi connectivity index (χ1v) is 11.4. The Morgan fingerprint density at radius 1 is 1.14 bits per heavy atom. The molecule has 0 aliphatic rings. The van der Waals surface area contributed by atoms with Gasteiger partial charge in [0.2, 0.25) is 11.9 Å². The average molecular weight is 503 g/mol. The van der Waals surface area contributed by atoms with Crippen LogP contribution in [0.3, 0.4) is 0 Å². The second-order valence-corrected chi connectivity index (χ2v) is 8.35. The van der Waals surface area contributed by atoms with E-state index in [4.69, 9.17) is 9.47 Å². The van der Waals surface area contributed by atoms with Crippen LogP contribution in [0.4, 0.5) is 21.7 Å². The van der Waals surface area contributed by atoms with Gasteiger partial charge < -0.3 is 25.0 Å². The molecule has 2 N–H and O–H groups in total. The van der Waals surface area contributed by atoms with Crippen molar-refractivity contribution in [2.45, 2.75) is 0 Å². The molecule has 0 unspecified atom stereocenters. The van der Waals surface area contributed by atoms with Gasteiger partial charge in [0.1, 0.15) is 23.9 Å². The van der Waals surface area contributed by atoms with Gasteiger partial charge in [-0.15, -0.1) is 0 Å². The van der Waals surface area contributed by atoms with E-state index < -0.39 is 5.82 Å². The molecule has 0 bridgehead atoms. The lowest BCUT2D eigenvalue weighted by Crippen LogP contribution is -2.20. The minimum atomic E-state index is -0.436. The predicted octanol–water partition coefficient (Wildman–Crippen LogP) is 4.65. The predicted molar refractivity (Wildman–Crippen MR) is 142 cm³/mol. The number of likely N-dealkylation sites (N-methyl/N-ethyl adjacent to an activating group) is 1. The molecule has 37 heavy (non-hydrogen) atoms. The fourth-order valence-electron chi connectivity index (χ4n) is 3.60. The van der Waals surface area contributed by atoms with E-state index in [0.717, 1.165) is 11.6 Å². The Bertz CT molecular complexity index is 1440. The first-order valence-electron chi connectivity index (χ1n) is 11.4. The van der Waals surface area contributed by atoms with Crippen LogP contribution in [0.15, 0.2) is 67.6 Å². The van der Waals surface area contributed by atoms with Gasteiger partial charge in [0.15, 0.2) is 0 Å². The Morgan fingerprint density at radius 3 is 2.70 bits per heavy atom. The van der Waals surface area contributed by atoms with Gasteiger partial charge in [0, 0.05) is 41.5 Å². The number of halogens is 1. The van der Waals surface area contributed by atoms with Gasteiger partial charge in [-0.1, -0.05) is 24.8 Å². The maximum Gasteiger partial charge on any atom is 0.247 e. The Kier molecular flexibility index (Phi) is 7.89. The smallest absolute Gasteiger partial charge is 0.247 e. The van der Waals surface area contributed by atoms with Crippen molar-refractivity contribution in [3.8, 4) is 22.6 Å². The summed E-state index contributed by atoms with van der Waals surface area (Å²) in [6.07, 6.45) is 5.59. The topological polar surface area (TPSA) is 102 Å².